The van der Waals surface area contributed by atoms with Gasteiger partial charge >= 0.3 is 0 Å². The Morgan fingerprint density at radius 1 is 1.56 bits per heavy atom. The van der Waals surface area contributed by atoms with Crippen LogP contribution in [-0.4, -0.2) is 40.8 Å². The second-order valence-electron chi connectivity index (χ2n) is 4.76. The molecule has 18 heavy (non-hydrogen) atoms. The fourth-order valence-electron chi connectivity index (χ4n) is 2.55. The third-order valence-corrected chi connectivity index (χ3v) is 3.71. The molecule has 0 spiro atoms. The van der Waals surface area contributed by atoms with Gasteiger partial charge in [-0.1, -0.05) is 6.92 Å². The summed E-state index contributed by atoms with van der Waals surface area (Å²) in [5.41, 5.74) is 0.296. The van der Waals surface area contributed by atoms with Crippen molar-refractivity contribution >= 4 is 0 Å². The van der Waals surface area contributed by atoms with Crippen molar-refractivity contribution in [2.24, 2.45) is 0 Å². The lowest BCUT2D eigenvalue weighted by Gasteiger charge is -2.39. The summed E-state index contributed by atoms with van der Waals surface area (Å²) >= 11 is 0. The lowest BCUT2D eigenvalue weighted by Crippen LogP contribution is -2.44. The topological polar surface area (TPSA) is 56.5 Å². The van der Waals surface area contributed by atoms with Crippen molar-refractivity contribution in [2.75, 3.05) is 20.3 Å². The van der Waals surface area contributed by atoms with Gasteiger partial charge in [0.1, 0.15) is 11.7 Å². The largest absolute Gasteiger partial charge is 0.384 e. The summed E-state index contributed by atoms with van der Waals surface area (Å²) in [5.74, 6) is 0. The molecule has 1 aromatic rings. The number of ether oxygens (including phenoxy) is 2. The van der Waals surface area contributed by atoms with Gasteiger partial charge in [0.15, 0.2) is 0 Å². The second kappa shape index (κ2) is 5.82. The number of nitrogens with zero attached hydrogens (tertiary/aromatic N) is 2. The zero-order valence-corrected chi connectivity index (χ0v) is 11.1. The molecule has 5 nitrogen and oxygen atoms in total. The standard InChI is InChI=1S/C13H22N2O3/c1-3-8-15-11(4-7-14-15)12(16)13(17-2)5-9-18-10-6-13/h4,7,12,16H,3,5-6,8-10H2,1-2H3. The van der Waals surface area contributed by atoms with Crippen molar-refractivity contribution in [2.45, 2.75) is 44.4 Å². The number of hydrogen-bond acceptors (Lipinski definition) is 4. The summed E-state index contributed by atoms with van der Waals surface area (Å²) in [5, 5.41) is 14.9. The Morgan fingerprint density at radius 2 is 2.28 bits per heavy atom. The van der Waals surface area contributed by atoms with E-state index in [1.54, 1.807) is 13.3 Å². The van der Waals surface area contributed by atoms with Gasteiger partial charge in [-0.3, -0.25) is 4.68 Å². The molecule has 1 atom stereocenters. The zero-order valence-electron chi connectivity index (χ0n) is 11.1. The van der Waals surface area contributed by atoms with E-state index in [0.29, 0.717) is 26.1 Å². The highest BCUT2D eigenvalue weighted by Gasteiger charge is 2.41. The first-order valence-electron chi connectivity index (χ1n) is 6.56. The Hall–Kier alpha value is -0.910. The molecule has 1 N–H and O–H groups in total. The molecule has 102 valence electrons. The third kappa shape index (κ3) is 2.43. The van der Waals surface area contributed by atoms with Crippen LogP contribution in [0.25, 0.3) is 0 Å². The Kier molecular flexibility index (Phi) is 4.37. The Morgan fingerprint density at radius 3 is 2.89 bits per heavy atom. The number of rotatable bonds is 5. The lowest BCUT2D eigenvalue weighted by atomic mass is 9.86. The van der Waals surface area contributed by atoms with Gasteiger partial charge in [0.25, 0.3) is 0 Å². The molecule has 5 heteroatoms. The van der Waals surface area contributed by atoms with Crippen LogP contribution in [0.5, 0.6) is 0 Å². The first-order valence-corrected chi connectivity index (χ1v) is 6.56. The summed E-state index contributed by atoms with van der Waals surface area (Å²) in [6, 6.07) is 1.87. The van der Waals surface area contributed by atoms with Crippen LogP contribution in [-0.2, 0) is 16.0 Å². The van der Waals surface area contributed by atoms with E-state index in [-0.39, 0.29) is 0 Å². The Labute approximate surface area is 108 Å². The maximum atomic E-state index is 10.7. The monoisotopic (exact) mass is 254 g/mol. The van der Waals surface area contributed by atoms with Gasteiger partial charge in [0.05, 0.1) is 5.69 Å². The summed E-state index contributed by atoms with van der Waals surface area (Å²) < 4.78 is 12.8. The number of aliphatic hydroxyl groups is 1. The van der Waals surface area contributed by atoms with Crippen LogP contribution in [0, 0.1) is 0 Å². The third-order valence-electron chi connectivity index (χ3n) is 3.71. The molecule has 0 radical (unpaired) electrons. The molecule has 1 aliphatic rings. The van der Waals surface area contributed by atoms with Crippen LogP contribution in [0.15, 0.2) is 12.3 Å². The van der Waals surface area contributed by atoms with Crippen molar-refractivity contribution in [3.63, 3.8) is 0 Å². The number of aromatic nitrogens is 2. The average Bonchev–Trinajstić information content (AvgIpc) is 2.87. The molecule has 1 saturated heterocycles. The van der Waals surface area contributed by atoms with Crippen molar-refractivity contribution in [1.29, 1.82) is 0 Å². The number of methoxy groups -OCH3 is 1. The molecule has 1 fully saturated rings. The fourth-order valence-corrected chi connectivity index (χ4v) is 2.55. The molecular formula is C13H22N2O3. The molecule has 0 amide bonds. The lowest BCUT2D eigenvalue weighted by molar-refractivity contribution is -0.156. The fraction of sp³-hybridized carbons (Fsp3) is 0.769. The van der Waals surface area contributed by atoms with Gasteiger partial charge in [-0.05, 0) is 12.5 Å². The first-order chi connectivity index (χ1) is 8.73. The highest BCUT2D eigenvalue weighted by Crippen LogP contribution is 2.37. The van der Waals surface area contributed by atoms with Crippen molar-refractivity contribution in [3.8, 4) is 0 Å². The molecule has 1 aliphatic heterocycles. The van der Waals surface area contributed by atoms with Gasteiger partial charge in [-0.25, -0.2) is 0 Å². The smallest absolute Gasteiger partial charge is 0.125 e. The molecule has 0 aromatic carbocycles. The summed E-state index contributed by atoms with van der Waals surface area (Å²) in [6.45, 7) is 4.17. The maximum absolute atomic E-state index is 10.7. The van der Waals surface area contributed by atoms with Gasteiger partial charge in [0, 0.05) is 45.9 Å². The quantitative estimate of drug-likeness (QED) is 0.865. The van der Waals surface area contributed by atoms with Crippen molar-refractivity contribution in [1.82, 2.24) is 9.78 Å². The normalized spacial score (nSPS) is 20.8. The zero-order chi connectivity index (χ0) is 13.0. The van der Waals surface area contributed by atoms with E-state index >= 15 is 0 Å². The van der Waals surface area contributed by atoms with Crippen LogP contribution in [0.3, 0.4) is 0 Å². The van der Waals surface area contributed by atoms with Crippen molar-refractivity contribution in [3.05, 3.63) is 18.0 Å². The number of aryl methyl sites for hydroxylation is 1. The molecule has 0 saturated carbocycles. The minimum Gasteiger partial charge on any atom is -0.384 e. The van der Waals surface area contributed by atoms with E-state index in [0.717, 1.165) is 18.7 Å². The highest BCUT2D eigenvalue weighted by atomic mass is 16.5. The number of hydrogen-bond donors (Lipinski definition) is 1. The van der Waals surface area contributed by atoms with Gasteiger partial charge in [-0.15, -0.1) is 0 Å². The van der Waals surface area contributed by atoms with E-state index in [1.165, 1.54) is 0 Å². The molecular weight excluding hydrogens is 232 g/mol. The molecule has 2 rings (SSSR count). The predicted octanol–water partition coefficient (Wildman–Crippen LogP) is 1.52. The van der Waals surface area contributed by atoms with Crippen LogP contribution in [0.1, 0.15) is 38.0 Å². The van der Waals surface area contributed by atoms with E-state index < -0.39 is 11.7 Å². The van der Waals surface area contributed by atoms with E-state index in [9.17, 15) is 5.11 Å². The van der Waals surface area contributed by atoms with E-state index in [2.05, 4.69) is 12.0 Å². The highest BCUT2D eigenvalue weighted by molar-refractivity contribution is 5.11. The van der Waals surface area contributed by atoms with Crippen LogP contribution in [0.2, 0.25) is 0 Å². The minimum atomic E-state index is -0.652. The molecule has 1 aromatic heterocycles. The molecule has 1 unspecified atom stereocenters. The van der Waals surface area contributed by atoms with E-state index in [1.807, 2.05) is 10.7 Å². The van der Waals surface area contributed by atoms with E-state index in [4.69, 9.17) is 9.47 Å². The summed E-state index contributed by atoms with van der Waals surface area (Å²) in [4.78, 5) is 0. The van der Waals surface area contributed by atoms with Gasteiger partial charge < -0.3 is 14.6 Å². The van der Waals surface area contributed by atoms with Crippen molar-refractivity contribution < 1.29 is 14.6 Å². The van der Waals surface area contributed by atoms with Crippen LogP contribution >= 0.6 is 0 Å². The molecule has 2 heterocycles. The summed E-state index contributed by atoms with van der Waals surface area (Å²) in [6.07, 6.45) is 3.49. The SMILES string of the molecule is CCCn1nccc1C(O)C1(OC)CCOCC1. The van der Waals surface area contributed by atoms with Crippen LogP contribution < -0.4 is 0 Å². The Bertz CT molecular complexity index is 372. The predicted molar refractivity (Wildman–Crippen MR) is 67.3 cm³/mol. The minimum absolute atomic E-state index is 0.538. The molecule has 0 bridgehead atoms. The number of aliphatic hydroxyl groups excluding tert-OH is 1. The van der Waals surface area contributed by atoms with Gasteiger partial charge in [-0.2, -0.15) is 5.10 Å². The maximum Gasteiger partial charge on any atom is 0.125 e. The molecule has 0 aliphatic carbocycles. The Balaban J connectivity index is 2.22. The second-order valence-corrected chi connectivity index (χ2v) is 4.76. The first kappa shape index (κ1) is 13.5. The summed E-state index contributed by atoms with van der Waals surface area (Å²) in [7, 11) is 1.66. The average molecular weight is 254 g/mol. The van der Waals surface area contributed by atoms with Crippen LogP contribution in [0.4, 0.5) is 0 Å². The van der Waals surface area contributed by atoms with Gasteiger partial charge in [0.2, 0.25) is 0 Å².